The third-order valence-corrected chi connectivity index (χ3v) is 6.75. The van der Waals surface area contributed by atoms with Gasteiger partial charge in [0.05, 0.1) is 12.1 Å². The van der Waals surface area contributed by atoms with E-state index in [9.17, 15) is 9.59 Å². The van der Waals surface area contributed by atoms with Crippen molar-refractivity contribution in [1.29, 1.82) is 0 Å². The van der Waals surface area contributed by atoms with Gasteiger partial charge in [0, 0.05) is 62.0 Å². The van der Waals surface area contributed by atoms with Crippen molar-refractivity contribution in [2.45, 2.75) is 31.3 Å². The Morgan fingerprint density at radius 3 is 3.00 bits per heavy atom. The number of hydrogen-bond donors (Lipinski definition) is 1. The number of aromatic nitrogens is 3. The summed E-state index contributed by atoms with van der Waals surface area (Å²) in [5.41, 5.74) is 2.48. The highest BCUT2D eigenvalue weighted by molar-refractivity contribution is 5.81. The summed E-state index contributed by atoms with van der Waals surface area (Å²) in [7, 11) is 0. The minimum atomic E-state index is -0.473. The lowest BCUT2D eigenvalue weighted by Gasteiger charge is -2.44. The molecule has 0 spiro atoms. The first kappa shape index (κ1) is 18.5. The van der Waals surface area contributed by atoms with Crippen LogP contribution in [0.25, 0.3) is 11.5 Å². The van der Waals surface area contributed by atoms with E-state index >= 15 is 0 Å². The van der Waals surface area contributed by atoms with Crippen LogP contribution < -0.4 is 10.9 Å². The van der Waals surface area contributed by atoms with E-state index in [1.165, 1.54) is 0 Å². The quantitative estimate of drug-likeness (QED) is 0.683. The molecule has 3 aromatic heterocycles. The maximum atomic E-state index is 13.7. The summed E-state index contributed by atoms with van der Waals surface area (Å²) < 4.78 is 7.70. The number of rotatable bonds is 2. The van der Waals surface area contributed by atoms with Gasteiger partial charge in [0.15, 0.2) is 0 Å². The number of amides is 1. The first-order valence-corrected chi connectivity index (χ1v) is 10.8. The lowest BCUT2D eigenvalue weighted by Crippen LogP contribution is -2.53. The van der Waals surface area contributed by atoms with Crippen molar-refractivity contribution in [2.24, 2.45) is 5.92 Å². The van der Waals surface area contributed by atoms with Gasteiger partial charge < -0.3 is 14.6 Å². The molecule has 3 aromatic rings. The van der Waals surface area contributed by atoms with E-state index in [1.54, 1.807) is 29.1 Å². The minimum absolute atomic E-state index is 0.00159. The standard InChI is InChI=1S/C23H23N5O3/c29-20-5-1-4-18-15-9-16(12-25-11-15)21(28(18)20)23(30)27-8-6-19-17(13-27)26-22(31-19)14-3-2-7-24-10-14/h1-5,7,10,15-16,21,25H,6,8-9,11-13H2/t15-,16+,21-/m1/s1. The van der Waals surface area contributed by atoms with Crippen LogP contribution >= 0.6 is 0 Å². The molecule has 2 bridgehead atoms. The van der Waals surface area contributed by atoms with E-state index in [4.69, 9.17) is 4.42 Å². The second kappa shape index (κ2) is 7.16. The third-order valence-electron chi connectivity index (χ3n) is 6.75. The summed E-state index contributed by atoms with van der Waals surface area (Å²) in [6.07, 6.45) is 4.98. The average molecular weight is 417 g/mol. The summed E-state index contributed by atoms with van der Waals surface area (Å²) in [5.74, 6) is 1.75. The van der Waals surface area contributed by atoms with Gasteiger partial charge in [-0.2, -0.15) is 0 Å². The maximum absolute atomic E-state index is 13.7. The zero-order chi connectivity index (χ0) is 20.9. The lowest BCUT2D eigenvalue weighted by atomic mass is 9.78. The number of fused-ring (bicyclic) bond motifs is 5. The molecular weight excluding hydrogens is 394 g/mol. The smallest absolute Gasteiger partial charge is 0.251 e. The molecule has 3 atom stereocenters. The molecule has 6 rings (SSSR count). The number of carbonyl (C=O) groups excluding carboxylic acids is 1. The molecular formula is C23H23N5O3. The van der Waals surface area contributed by atoms with Crippen LogP contribution in [-0.2, 0) is 17.8 Å². The van der Waals surface area contributed by atoms with E-state index in [1.807, 2.05) is 23.1 Å². The van der Waals surface area contributed by atoms with Crippen molar-refractivity contribution in [3.8, 4) is 11.5 Å². The summed E-state index contributed by atoms with van der Waals surface area (Å²) in [6.45, 7) is 2.56. The van der Waals surface area contributed by atoms with Crippen LogP contribution in [0.5, 0.6) is 0 Å². The van der Waals surface area contributed by atoms with Crippen molar-refractivity contribution >= 4 is 5.91 Å². The first-order chi connectivity index (χ1) is 15.2. The number of pyridine rings is 2. The van der Waals surface area contributed by atoms with Crippen molar-refractivity contribution < 1.29 is 9.21 Å². The van der Waals surface area contributed by atoms with E-state index < -0.39 is 6.04 Å². The normalized spacial score (nSPS) is 24.4. The predicted molar refractivity (Wildman–Crippen MR) is 112 cm³/mol. The predicted octanol–water partition coefficient (Wildman–Crippen LogP) is 1.73. The fourth-order valence-electron chi connectivity index (χ4n) is 5.30. The third kappa shape index (κ3) is 3.01. The number of nitrogens with one attached hydrogen (secondary N) is 1. The molecule has 3 aliphatic rings. The molecule has 1 N–H and O–H groups in total. The van der Waals surface area contributed by atoms with E-state index in [2.05, 4.69) is 15.3 Å². The minimum Gasteiger partial charge on any atom is -0.441 e. The molecule has 8 heteroatoms. The van der Waals surface area contributed by atoms with Gasteiger partial charge in [-0.15, -0.1) is 0 Å². The highest BCUT2D eigenvalue weighted by Crippen LogP contribution is 2.40. The Morgan fingerprint density at radius 1 is 1.19 bits per heavy atom. The van der Waals surface area contributed by atoms with E-state index in [-0.39, 0.29) is 23.3 Å². The summed E-state index contributed by atoms with van der Waals surface area (Å²) >= 11 is 0. The molecule has 1 fully saturated rings. The maximum Gasteiger partial charge on any atom is 0.251 e. The van der Waals surface area contributed by atoms with Gasteiger partial charge in [-0.25, -0.2) is 4.98 Å². The zero-order valence-corrected chi connectivity index (χ0v) is 17.0. The molecule has 1 amide bonds. The van der Waals surface area contributed by atoms with Crippen molar-refractivity contribution in [2.75, 3.05) is 19.6 Å². The SMILES string of the molecule is O=C([C@H]1[C@@H]2CNC[C@@H](C2)c2cccc(=O)n21)N1CCc2oc(-c3cccnc3)nc2C1. The second-order valence-corrected chi connectivity index (χ2v) is 8.60. The first-order valence-electron chi connectivity index (χ1n) is 10.8. The van der Waals surface area contributed by atoms with Gasteiger partial charge >= 0.3 is 0 Å². The number of nitrogens with zero attached hydrogens (tertiary/aromatic N) is 4. The average Bonchev–Trinajstić information content (AvgIpc) is 3.24. The topological polar surface area (TPSA) is 93.3 Å². The Labute approximate surface area is 178 Å². The fraction of sp³-hybridized carbons (Fsp3) is 0.391. The van der Waals surface area contributed by atoms with Crippen molar-refractivity contribution in [3.63, 3.8) is 0 Å². The highest BCUT2D eigenvalue weighted by atomic mass is 16.4. The number of carbonyl (C=O) groups is 1. The molecule has 0 aliphatic carbocycles. The Morgan fingerprint density at radius 2 is 2.13 bits per heavy atom. The van der Waals surface area contributed by atoms with Crippen molar-refractivity contribution in [3.05, 3.63) is 70.2 Å². The Kier molecular flexibility index (Phi) is 4.27. The molecule has 0 saturated carbocycles. The van der Waals surface area contributed by atoms with Crippen LogP contribution in [-0.4, -0.2) is 45.0 Å². The number of oxazole rings is 1. The molecule has 3 aliphatic heterocycles. The van der Waals surface area contributed by atoms with E-state index in [0.29, 0.717) is 25.4 Å². The van der Waals surface area contributed by atoms with Crippen molar-refractivity contribution in [1.82, 2.24) is 24.8 Å². The summed E-state index contributed by atoms with van der Waals surface area (Å²) in [4.78, 5) is 37.1. The molecule has 0 radical (unpaired) electrons. The van der Waals surface area contributed by atoms with Gasteiger partial charge in [-0.3, -0.25) is 19.1 Å². The van der Waals surface area contributed by atoms with Gasteiger partial charge in [0.25, 0.3) is 5.56 Å². The monoisotopic (exact) mass is 417 g/mol. The molecule has 158 valence electrons. The van der Waals surface area contributed by atoms with Crippen LogP contribution in [0.2, 0.25) is 0 Å². The second-order valence-electron chi connectivity index (χ2n) is 8.60. The summed E-state index contributed by atoms with van der Waals surface area (Å²) in [5, 5.41) is 3.45. The number of hydrogen-bond acceptors (Lipinski definition) is 6. The van der Waals surface area contributed by atoms with Gasteiger partial charge in [0.1, 0.15) is 17.5 Å². The molecule has 31 heavy (non-hydrogen) atoms. The van der Waals surface area contributed by atoms with Crippen LogP contribution in [0.4, 0.5) is 0 Å². The highest BCUT2D eigenvalue weighted by Gasteiger charge is 2.43. The van der Waals surface area contributed by atoms with Crippen LogP contribution in [0.1, 0.15) is 35.5 Å². The molecule has 6 heterocycles. The van der Waals surface area contributed by atoms with Gasteiger partial charge in [-0.1, -0.05) is 6.07 Å². The van der Waals surface area contributed by atoms with Gasteiger partial charge in [-0.05, 0) is 24.6 Å². The zero-order valence-electron chi connectivity index (χ0n) is 17.0. The fourth-order valence-corrected chi connectivity index (χ4v) is 5.30. The molecule has 8 nitrogen and oxygen atoms in total. The summed E-state index contributed by atoms with van der Waals surface area (Å²) in [6, 6.07) is 8.63. The Hall–Kier alpha value is -3.26. The van der Waals surface area contributed by atoms with Gasteiger partial charge in [0.2, 0.25) is 11.8 Å². The molecule has 0 unspecified atom stereocenters. The molecule has 0 aromatic carbocycles. The number of piperidine rings is 1. The lowest BCUT2D eigenvalue weighted by molar-refractivity contribution is -0.138. The van der Waals surface area contributed by atoms with E-state index in [0.717, 1.165) is 42.2 Å². The van der Waals surface area contributed by atoms with Crippen LogP contribution in [0.3, 0.4) is 0 Å². The Balaban J connectivity index is 1.32. The van der Waals surface area contributed by atoms with Crippen LogP contribution in [0, 0.1) is 5.92 Å². The Bertz CT molecular complexity index is 1200. The molecule has 1 saturated heterocycles. The largest absolute Gasteiger partial charge is 0.441 e. The van der Waals surface area contributed by atoms with Crippen LogP contribution in [0.15, 0.2) is 51.9 Å².